The van der Waals surface area contributed by atoms with Crippen LogP contribution in [0, 0.1) is 0 Å². The summed E-state index contributed by atoms with van der Waals surface area (Å²) in [6.07, 6.45) is 2.81. The molecule has 8 nitrogen and oxygen atoms in total. The van der Waals surface area contributed by atoms with E-state index in [1.807, 2.05) is 0 Å². The molecule has 1 aromatic heterocycles. The third kappa shape index (κ3) is 3.79. The first-order valence-corrected chi connectivity index (χ1v) is 6.78. The van der Waals surface area contributed by atoms with Crippen molar-refractivity contribution >= 4 is 12.2 Å². The number of carbonyl (C=O) groups is 1. The van der Waals surface area contributed by atoms with Crippen LogP contribution in [0.5, 0.6) is 11.5 Å². The molecular weight excluding hydrogens is 302 g/mol. The maximum atomic E-state index is 10.7. The third-order valence-corrected chi connectivity index (χ3v) is 3.20. The Morgan fingerprint density at radius 3 is 2.70 bits per heavy atom. The second-order valence-corrected chi connectivity index (χ2v) is 4.65. The summed E-state index contributed by atoms with van der Waals surface area (Å²) < 4.78 is 12.0. The minimum Gasteiger partial charge on any atom is -0.493 e. The molecule has 0 atom stereocenters. The summed E-state index contributed by atoms with van der Waals surface area (Å²) in [5.41, 5.74) is 1.84. The number of ether oxygens (including phenoxy) is 2. The number of oxime groups is 1. The number of hydrogen-bond acceptors (Lipinski definition) is 6. The van der Waals surface area contributed by atoms with Gasteiger partial charge in [-0.15, -0.1) is 0 Å². The summed E-state index contributed by atoms with van der Waals surface area (Å²) >= 11 is 0. The summed E-state index contributed by atoms with van der Waals surface area (Å²) in [5.74, 6) is 0.210. The first-order valence-electron chi connectivity index (χ1n) is 6.78. The maximum Gasteiger partial charge on any atom is 0.305 e. The van der Waals surface area contributed by atoms with Crippen molar-refractivity contribution in [3.05, 3.63) is 30.0 Å². The molecule has 0 fully saturated rings. The van der Waals surface area contributed by atoms with Crippen LogP contribution in [0.2, 0.25) is 0 Å². The standard InChI is InChI=1S/C15H17N3O5/c1-22-12-4-3-10(7-13(12)23-2)15-11(8-16-21)9-18(17-15)6-5-14(19)20/h3-4,7-9,21H,5-6H2,1-2H3,(H,19,20). The van der Waals surface area contributed by atoms with Gasteiger partial charge in [-0.25, -0.2) is 0 Å². The molecule has 0 spiro atoms. The van der Waals surface area contributed by atoms with Gasteiger partial charge in [-0.1, -0.05) is 5.16 Å². The van der Waals surface area contributed by atoms with E-state index >= 15 is 0 Å². The third-order valence-electron chi connectivity index (χ3n) is 3.20. The lowest BCUT2D eigenvalue weighted by Gasteiger charge is -2.08. The molecule has 0 aliphatic heterocycles. The van der Waals surface area contributed by atoms with Crippen molar-refractivity contribution < 1.29 is 24.6 Å². The van der Waals surface area contributed by atoms with Crippen LogP contribution in [-0.4, -0.2) is 46.5 Å². The van der Waals surface area contributed by atoms with Crippen LogP contribution in [0.15, 0.2) is 29.6 Å². The van der Waals surface area contributed by atoms with Gasteiger partial charge < -0.3 is 19.8 Å². The van der Waals surface area contributed by atoms with Gasteiger partial charge in [0, 0.05) is 17.3 Å². The zero-order chi connectivity index (χ0) is 16.8. The van der Waals surface area contributed by atoms with Crippen molar-refractivity contribution in [2.45, 2.75) is 13.0 Å². The molecule has 2 rings (SSSR count). The van der Waals surface area contributed by atoms with E-state index < -0.39 is 5.97 Å². The Hall–Kier alpha value is -3.03. The average Bonchev–Trinajstić information content (AvgIpc) is 2.95. The number of methoxy groups -OCH3 is 2. The highest BCUT2D eigenvalue weighted by atomic mass is 16.5. The van der Waals surface area contributed by atoms with Crippen molar-refractivity contribution in [1.82, 2.24) is 9.78 Å². The molecular formula is C15H17N3O5. The topological polar surface area (TPSA) is 106 Å². The Kier molecular flexibility index (Phi) is 5.19. The van der Waals surface area contributed by atoms with Crippen LogP contribution < -0.4 is 9.47 Å². The van der Waals surface area contributed by atoms with Gasteiger partial charge in [-0.3, -0.25) is 9.48 Å². The number of carboxylic acid groups (broad SMARTS) is 1. The number of carboxylic acids is 1. The zero-order valence-electron chi connectivity index (χ0n) is 12.8. The summed E-state index contributed by atoms with van der Waals surface area (Å²) in [7, 11) is 3.07. The Morgan fingerprint density at radius 1 is 1.35 bits per heavy atom. The minimum absolute atomic E-state index is 0.0528. The van der Waals surface area contributed by atoms with E-state index in [4.69, 9.17) is 19.8 Å². The Bertz CT molecular complexity index is 724. The van der Waals surface area contributed by atoms with Gasteiger partial charge in [0.25, 0.3) is 0 Å². The summed E-state index contributed by atoms with van der Waals surface area (Å²) in [6, 6.07) is 5.28. The first kappa shape index (κ1) is 16.3. The quantitative estimate of drug-likeness (QED) is 0.458. The van der Waals surface area contributed by atoms with E-state index in [-0.39, 0.29) is 13.0 Å². The van der Waals surface area contributed by atoms with Gasteiger partial charge in [0.2, 0.25) is 0 Å². The molecule has 2 N–H and O–H groups in total. The normalized spacial score (nSPS) is 10.9. The molecule has 2 aromatic rings. The summed E-state index contributed by atoms with van der Waals surface area (Å²) in [4.78, 5) is 10.7. The predicted molar refractivity (Wildman–Crippen MR) is 82.4 cm³/mol. The minimum atomic E-state index is -0.912. The van der Waals surface area contributed by atoms with Crippen LogP contribution in [0.1, 0.15) is 12.0 Å². The first-order chi connectivity index (χ1) is 11.1. The molecule has 122 valence electrons. The molecule has 1 aromatic carbocycles. The van der Waals surface area contributed by atoms with Gasteiger partial charge in [-0.2, -0.15) is 5.10 Å². The number of rotatable bonds is 7. The van der Waals surface area contributed by atoms with E-state index in [1.165, 1.54) is 18.0 Å². The highest BCUT2D eigenvalue weighted by Gasteiger charge is 2.13. The fourth-order valence-electron chi connectivity index (χ4n) is 2.13. The second-order valence-electron chi connectivity index (χ2n) is 4.65. The lowest BCUT2D eigenvalue weighted by atomic mass is 10.1. The molecule has 0 bridgehead atoms. The van der Waals surface area contributed by atoms with Crippen molar-refractivity contribution in [1.29, 1.82) is 0 Å². The SMILES string of the molecule is COc1ccc(-c2nn(CCC(=O)O)cc2C=NO)cc1OC. The molecule has 23 heavy (non-hydrogen) atoms. The molecule has 8 heteroatoms. The Labute approximate surface area is 132 Å². The molecule has 0 unspecified atom stereocenters. The van der Waals surface area contributed by atoms with E-state index in [9.17, 15) is 4.79 Å². The van der Waals surface area contributed by atoms with Gasteiger partial charge in [0.1, 0.15) is 5.69 Å². The van der Waals surface area contributed by atoms with Crippen LogP contribution in [0.25, 0.3) is 11.3 Å². The van der Waals surface area contributed by atoms with Gasteiger partial charge in [0.05, 0.1) is 33.4 Å². The van der Waals surface area contributed by atoms with E-state index in [1.54, 1.807) is 31.5 Å². The molecule has 0 aliphatic carbocycles. The highest BCUT2D eigenvalue weighted by molar-refractivity contribution is 5.88. The number of aromatic nitrogens is 2. The Morgan fingerprint density at radius 2 is 2.09 bits per heavy atom. The van der Waals surface area contributed by atoms with Crippen LogP contribution in [-0.2, 0) is 11.3 Å². The van der Waals surface area contributed by atoms with Gasteiger partial charge in [-0.05, 0) is 18.2 Å². The number of benzene rings is 1. The lowest BCUT2D eigenvalue weighted by Crippen LogP contribution is -2.04. The van der Waals surface area contributed by atoms with Crippen molar-refractivity contribution in [2.24, 2.45) is 5.16 Å². The van der Waals surface area contributed by atoms with E-state index in [0.717, 1.165) is 5.56 Å². The highest BCUT2D eigenvalue weighted by Crippen LogP contribution is 2.32. The molecule has 0 saturated carbocycles. The van der Waals surface area contributed by atoms with Gasteiger partial charge in [0.15, 0.2) is 11.5 Å². The predicted octanol–water partition coefficient (Wildman–Crippen LogP) is 1.85. The molecule has 1 heterocycles. The fourth-order valence-corrected chi connectivity index (χ4v) is 2.13. The number of nitrogens with zero attached hydrogens (tertiary/aromatic N) is 3. The van der Waals surface area contributed by atoms with Crippen molar-refractivity contribution in [2.75, 3.05) is 14.2 Å². The van der Waals surface area contributed by atoms with Gasteiger partial charge >= 0.3 is 5.97 Å². The van der Waals surface area contributed by atoms with Crippen LogP contribution in [0.3, 0.4) is 0 Å². The monoisotopic (exact) mass is 319 g/mol. The summed E-state index contributed by atoms with van der Waals surface area (Å²) in [5, 5.41) is 24.9. The average molecular weight is 319 g/mol. The zero-order valence-corrected chi connectivity index (χ0v) is 12.8. The Balaban J connectivity index is 2.42. The largest absolute Gasteiger partial charge is 0.493 e. The lowest BCUT2D eigenvalue weighted by molar-refractivity contribution is -0.137. The number of aliphatic carboxylic acids is 1. The molecule has 0 amide bonds. The molecule has 0 saturated heterocycles. The number of aryl methyl sites for hydroxylation is 1. The smallest absolute Gasteiger partial charge is 0.305 e. The van der Waals surface area contributed by atoms with Crippen molar-refractivity contribution in [3.8, 4) is 22.8 Å². The van der Waals surface area contributed by atoms with E-state index in [0.29, 0.717) is 22.8 Å². The fraction of sp³-hybridized carbons (Fsp3) is 0.267. The molecule has 0 aliphatic rings. The van der Waals surface area contributed by atoms with E-state index in [2.05, 4.69) is 10.3 Å². The van der Waals surface area contributed by atoms with Crippen LogP contribution >= 0.6 is 0 Å². The number of hydrogen-bond donors (Lipinski definition) is 2. The second kappa shape index (κ2) is 7.30. The summed E-state index contributed by atoms with van der Waals surface area (Å²) in [6.45, 7) is 0.217. The van der Waals surface area contributed by atoms with Crippen molar-refractivity contribution in [3.63, 3.8) is 0 Å². The maximum absolute atomic E-state index is 10.7. The van der Waals surface area contributed by atoms with Crippen LogP contribution in [0.4, 0.5) is 0 Å². The molecule has 0 radical (unpaired) electrons.